The van der Waals surface area contributed by atoms with Crippen LogP contribution in [0.2, 0.25) is 0 Å². The van der Waals surface area contributed by atoms with Crippen LogP contribution in [-0.4, -0.2) is 111 Å². The third kappa shape index (κ3) is 16.1. The molecule has 234 valence electrons. The fraction of sp³-hybridized carbons (Fsp3) is 0.538. The molecule has 0 saturated heterocycles. The summed E-state index contributed by atoms with van der Waals surface area (Å²) in [4.78, 5) is 70.1. The maximum absolute atomic E-state index is 12.0. The first-order chi connectivity index (χ1) is 20.0. The smallest absolute Gasteiger partial charge is 0.326 e. The van der Waals surface area contributed by atoms with E-state index in [-0.39, 0.29) is 83.6 Å². The molecule has 0 aliphatic carbocycles. The second-order valence-corrected chi connectivity index (χ2v) is 8.96. The van der Waals surface area contributed by atoms with Gasteiger partial charge in [0, 0.05) is 43.7 Å². The molecule has 9 N–H and O–H groups in total. The Balaban J connectivity index is 2.06. The molecule has 16 nitrogen and oxygen atoms in total. The van der Waals surface area contributed by atoms with Crippen LogP contribution in [0.4, 0.5) is 5.69 Å². The molecule has 0 heterocycles. The average Bonchev–Trinajstić information content (AvgIpc) is 2.94. The van der Waals surface area contributed by atoms with E-state index in [1.807, 2.05) is 0 Å². The van der Waals surface area contributed by atoms with Crippen molar-refractivity contribution in [3.8, 4) is 0 Å². The van der Waals surface area contributed by atoms with E-state index in [4.69, 9.17) is 20.3 Å². The fourth-order valence-electron chi connectivity index (χ4n) is 3.37. The quantitative estimate of drug-likeness (QED) is 0.0538. The maximum Gasteiger partial charge on any atom is 0.326 e. The van der Waals surface area contributed by atoms with Gasteiger partial charge in [-0.15, -0.1) is 0 Å². The van der Waals surface area contributed by atoms with Crippen LogP contribution in [0.5, 0.6) is 0 Å². The monoisotopic (exact) mass is 596 g/mol. The van der Waals surface area contributed by atoms with Gasteiger partial charge in [-0.25, -0.2) is 4.79 Å². The van der Waals surface area contributed by atoms with Gasteiger partial charge in [0.15, 0.2) is 0 Å². The molecule has 0 aromatic heterocycles. The lowest BCUT2D eigenvalue weighted by Gasteiger charge is -2.16. The van der Waals surface area contributed by atoms with Crippen LogP contribution >= 0.6 is 0 Å². The highest BCUT2D eigenvalue weighted by Gasteiger charge is 2.22. The Bertz CT molecular complexity index is 1040. The lowest BCUT2D eigenvalue weighted by molar-refractivity contribution is -0.143. The first-order valence-corrected chi connectivity index (χ1v) is 13.3. The number of anilines is 1. The van der Waals surface area contributed by atoms with Crippen molar-refractivity contribution in [2.24, 2.45) is 0 Å². The number of hydrogen-bond acceptors (Lipinski definition) is 10. The van der Waals surface area contributed by atoms with E-state index in [2.05, 4.69) is 26.6 Å². The van der Waals surface area contributed by atoms with Gasteiger partial charge in [0.05, 0.1) is 19.8 Å². The molecule has 0 aliphatic rings. The highest BCUT2D eigenvalue weighted by atomic mass is 16.5. The number of nitrogens with one attached hydrogen (secondary N) is 5. The molecule has 0 bridgehead atoms. The number of aliphatic carboxylic acids is 2. The number of nitrogen functional groups attached to an aromatic ring is 1. The number of ether oxygens (including phenoxy) is 2. The van der Waals surface area contributed by atoms with Crippen molar-refractivity contribution < 1.29 is 48.5 Å². The van der Waals surface area contributed by atoms with Gasteiger partial charge in [0.25, 0.3) is 5.91 Å². The lowest BCUT2D eigenvalue weighted by atomic mass is 10.1. The molecule has 1 rings (SSSR count). The topological polar surface area (TPSA) is 248 Å². The summed E-state index contributed by atoms with van der Waals surface area (Å²) in [5, 5.41) is 30.9. The number of nitrogens with two attached hydrogens (primary N) is 1. The van der Waals surface area contributed by atoms with E-state index in [1.165, 1.54) is 7.05 Å². The van der Waals surface area contributed by atoms with Gasteiger partial charge in [-0.2, -0.15) is 0 Å². The fourth-order valence-corrected chi connectivity index (χ4v) is 3.37. The van der Waals surface area contributed by atoms with E-state index in [0.717, 1.165) is 0 Å². The number of carboxylic acid groups (broad SMARTS) is 2. The Morgan fingerprint density at radius 3 is 1.95 bits per heavy atom. The normalized spacial score (nSPS) is 12.0. The van der Waals surface area contributed by atoms with Crippen molar-refractivity contribution in [2.45, 2.75) is 37.8 Å². The molecule has 0 fully saturated rings. The SMILES string of the molecule is CNC(CCC(=O)NC(CCC(=O)NCCOCCOCC(=O)NCCNC(=O)c1ccc(N)cc1)C(=O)O)C(=O)O. The number of likely N-dealkylation sites (N-methyl/N-ethyl adjacent to an activating group) is 1. The second-order valence-electron chi connectivity index (χ2n) is 8.96. The summed E-state index contributed by atoms with van der Waals surface area (Å²) in [5.74, 6) is -4.13. The molecule has 0 spiro atoms. The first-order valence-electron chi connectivity index (χ1n) is 13.3. The van der Waals surface area contributed by atoms with Gasteiger partial charge in [-0.3, -0.25) is 24.0 Å². The van der Waals surface area contributed by atoms with Crippen molar-refractivity contribution in [2.75, 3.05) is 58.8 Å². The summed E-state index contributed by atoms with van der Waals surface area (Å²) in [6, 6.07) is 4.22. The Morgan fingerprint density at radius 1 is 0.738 bits per heavy atom. The van der Waals surface area contributed by atoms with Crippen molar-refractivity contribution in [3.63, 3.8) is 0 Å². The molecule has 1 aromatic carbocycles. The van der Waals surface area contributed by atoms with Crippen LogP contribution in [0.25, 0.3) is 0 Å². The van der Waals surface area contributed by atoms with Gasteiger partial charge >= 0.3 is 11.9 Å². The minimum Gasteiger partial charge on any atom is -0.480 e. The summed E-state index contributed by atoms with van der Waals surface area (Å²) >= 11 is 0. The molecular formula is C26H40N6O10. The minimum atomic E-state index is -1.31. The molecule has 2 unspecified atom stereocenters. The number of carbonyl (C=O) groups excluding carboxylic acids is 4. The molecule has 4 amide bonds. The average molecular weight is 597 g/mol. The summed E-state index contributed by atoms with van der Waals surface area (Å²) in [6.07, 6.45) is -0.511. The van der Waals surface area contributed by atoms with Gasteiger partial charge in [0.2, 0.25) is 17.7 Å². The molecule has 0 saturated carbocycles. The number of amides is 4. The summed E-state index contributed by atoms with van der Waals surface area (Å²) in [7, 11) is 1.44. The lowest BCUT2D eigenvalue weighted by Crippen LogP contribution is -2.42. The predicted octanol–water partition coefficient (Wildman–Crippen LogP) is -1.93. The Morgan fingerprint density at radius 2 is 1.31 bits per heavy atom. The summed E-state index contributed by atoms with van der Waals surface area (Å²) in [5.41, 5.74) is 6.59. The van der Waals surface area contributed by atoms with Crippen molar-refractivity contribution in [1.29, 1.82) is 0 Å². The number of carboxylic acids is 2. The van der Waals surface area contributed by atoms with E-state index in [9.17, 15) is 33.9 Å². The Hall–Kier alpha value is -4.28. The van der Waals surface area contributed by atoms with Crippen LogP contribution in [0.15, 0.2) is 24.3 Å². The molecule has 2 atom stereocenters. The first kappa shape index (κ1) is 35.7. The summed E-state index contributed by atoms with van der Waals surface area (Å²) in [6.45, 7) is 0.893. The zero-order valence-corrected chi connectivity index (χ0v) is 23.5. The number of benzene rings is 1. The zero-order chi connectivity index (χ0) is 31.3. The molecular weight excluding hydrogens is 556 g/mol. The largest absolute Gasteiger partial charge is 0.480 e. The number of hydrogen-bond donors (Lipinski definition) is 8. The van der Waals surface area contributed by atoms with E-state index < -0.39 is 35.8 Å². The summed E-state index contributed by atoms with van der Waals surface area (Å²) < 4.78 is 10.5. The Kier molecular flexibility index (Phi) is 17.5. The molecule has 42 heavy (non-hydrogen) atoms. The minimum absolute atomic E-state index is 0.0176. The molecule has 0 aliphatic heterocycles. The van der Waals surface area contributed by atoms with Crippen LogP contribution < -0.4 is 32.3 Å². The van der Waals surface area contributed by atoms with Crippen molar-refractivity contribution >= 4 is 41.3 Å². The van der Waals surface area contributed by atoms with Crippen LogP contribution in [0.1, 0.15) is 36.0 Å². The van der Waals surface area contributed by atoms with Crippen LogP contribution in [0, 0.1) is 0 Å². The predicted molar refractivity (Wildman–Crippen MR) is 149 cm³/mol. The number of carbonyl (C=O) groups is 6. The van der Waals surface area contributed by atoms with E-state index in [0.29, 0.717) is 11.3 Å². The highest BCUT2D eigenvalue weighted by Crippen LogP contribution is 2.05. The van der Waals surface area contributed by atoms with Crippen molar-refractivity contribution in [3.05, 3.63) is 29.8 Å². The van der Waals surface area contributed by atoms with E-state index >= 15 is 0 Å². The molecule has 1 aromatic rings. The van der Waals surface area contributed by atoms with E-state index in [1.54, 1.807) is 24.3 Å². The van der Waals surface area contributed by atoms with Gasteiger partial charge in [-0.05, 0) is 44.2 Å². The third-order valence-corrected chi connectivity index (χ3v) is 5.68. The van der Waals surface area contributed by atoms with Gasteiger partial charge in [0.1, 0.15) is 18.7 Å². The highest BCUT2D eigenvalue weighted by molar-refractivity contribution is 5.94. The van der Waals surface area contributed by atoms with Crippen LogP contribution in [-0.2, 0) is 33.4 Å². The number of rotatable bonds is 22. The second kappa shape index (κ2) is 20.6. The maximum atomic E-state index is 12.0. The standard InChI is InChI=1S/C26H40N6O10/c1-28-19(25(37)38)6-9-22(34)32-20(26(39)40)7-8-21(33)30-12-13-41-14-15-42-16-23(35)29-10-11-31-24(36)17-2-4-18(27)5-3-17/h2-5,19-20,28H,6-16,27H2,1H3,(H,29,35)(H,30,33)(H,31,36)(H,32,34)(H,37,38)(H,39,40). The van der Waals surface area contributed by atoms with Gasteiger partial charge < -0.3 is 52.0 Å². The molecule has 16 heteroatoms. The zero-order valence-electron chi connectivity index (χ0n) is 23.5. The third-order valence-electron chi connectivity index (χ3n) is 5.68. The molecule has 0 radical (unpaired) electrons. The van der Waals surface area contributed by atoms with Gasteiger partial charge in [-0.1, -0.05) is 0 Å². The van der Waals surface area contributed by atoms with Crippen molar-refractivity contribution in [1.82, 2.24) is 26.6 Å². The Labute approximate surface area is 243 Å². The van der Waals surface area contributed by atoms with Crippen LogP contribution in [0.3, 0.4) is 0 Å².